The Morgan fingerprint density at radius 3 is 2.86 bits per heavy atom. The van der Waals surface area contributed by atoms with Gasteiger partial charge < -0.3 is 5.11 Å². The van der Waals surface area contributed by atoms with Gasteiger partial charge in [-0.15, -0.1) is 0 Å². The molecule has 72 valence electrons. The van der Waals surface area contributed by atoms with Gasteiger partial charge >= 0.3 is 0 Å². The molecule has 1 aromatic carbocycles. The second-order valence-electron chi connectivity index (χ2n) is 3.24. The first-order valence-corrected chi connectivity index (χ1v) is 5.20. The van der Waals surface area contributed by atoms with Crippen LogP contribution in [0.1, 0.15) is 18.7 Å². The van der Waals surface area contributed by atoms with Crippen LogP contribution in [0.4, 0.5) is 0 Å². The molecular weight excluding hydrogens is 242 g/mol. The number of aromatic nitrogens is 1. The van der Waals surface area contributed by atoms with Gasteiger partial charge in [0.25, 0.3) is 0 Å². The lowest BCUT2D eigenvalue weighted by Gasteiger charge is -2.07. The van der Waals surface area contributed by atoms with Crippen LogP contribution in [0.15, 0.2) is 34.9 Å². The van der Waals surface area contributed by atoms with Crippen molar-refractivity contribution < 1.29 is 5.11 Å². The van der Waals surface area contributed by atoms with Gasteiger partial charge in [-0.25, -0.2) is 0 Å². The van der Waals surface area contributed by atoms with Crippen molar-refractivity contribution in [3.63, 3.8) is 0 Å². The monoisotopic (exact) mass is 251 g/mol. The van der Waals surface area contributed by atoms with E-state index >= 15 is 0 Å². The van der Waals surface area contributed by atoms with Gasteiger partial charge in [-0.2, -0.15) is 0 Å². The molecule has 1 heterocycles. The van der Waals surface area contributed by atoms with Crippen LogP contribution in [0.25, 0.3) is 10.8 Å². The lowest BCUT2D eigenvalue weighted by molar-refractivity contribution is 0.196. The number of nitrogens with zero attached hydrogens (tertiary/aromatic N) is 1. The predicted octanol–water partition coefficient (Wildman–Crippen LogP) is 3.05. The molecule has 2 aromatic rings. The van der Waals surface area contributed by atoms with E-state index in [4.69, 9.17) is 0 Å². The molecule has 0 aliphatic carbocycles. The van der Waals surface area contributed by atoms with Crippen LogP contribution in [-0.4, -0.2) is 10.1 Å². The molecule has 0 unspecified atom stereocenters. The SMILES string of the molecule is C[C@@H](O)c1nccc2cc(Br)ccc12. The van der Waals surface area contributed by atoms with Crippen LogP contribution in [0.5, 0.6) is 0 Å². The maximum atomic E-state index is 9.52. The van der Waals surface area contributed by atoms with Crippen LogP contribution in [0, 0.1) is 0 Å². The van der Waals surface area contributed by atoms with Crippen molar-refractivity contribution in [1.82, 2.24) is 4.98 Å². The van der Waals surface area contributed by atoms with Crippen molar-refractivity contribution in [2.24, 2.45) is 0 Å². The molecule has 0 radical (unpaired) electrons. The highest BCUT2D eigenvalue weighted by Crippen LogP contribution is 2.24. The standard InChI is InChI=1S/C11H10BrNO/c1-7(14)11-10-3-2-9(12)6-8(10)4-5-13-11/h2-7,14H,1H3/t7-/m1/s1. The second kappa shape index (κ2) is 3.67. The van der Waals surface area contributed by atoms with Gasteiger partial charge in [-0.1, -0.05) is 22.0 Å². The summed E-state index contributed by atoms with van der Waals surface area (Å²) in [5, 5.41) is 11.6. The van der Waals surface area contributed by atoms with Crippen molar-refractivity contribution in [2.45, 2.75) is 13.0 Å². The fourth-order valence-electron chi connectivity index (χ4n) is 1.51. The zero-order valence-corrected chi connectivity index (χ0v) is 9.32. The fourth-order valence-corrected chi connectivity index (χ4v) is 1.88. The highest BCUT2D eigenvalue weighted by molar-refractivity contribution is 9.10. The van der Waals surface area contributed by atoms with Crippen LogP contribution in [0.3, 0.4) is 0 Å². The third kappa shape index (κ3) is 1.65. The van der Waals surface area contributed by atoms with Crippen LogP contribution >= 0.6 is 15.9 Å². The summed E-state index contributed by atoms with van der Waals surface area (Å²) in [5.41, 5.74) is 0.731. The Kier molecular flexibility index (Phi) is 2.52. The summed E-state index contributed by atoms with van der Waals surface area (Å²) in [6, 6.07) is 7.87. The van der Waals surface area contributed by atoms with Crippen molar-refractivity contribution in [3.05, 3.63) is 40.6 Å². The first-order chi connectivity index (χ1) is 6.68. The average Bonchev–Trinajstić information content (AvgIpc) is 2.16. The third-order valence-corrected chi connectivity index (χ3v) is 2.65. The molecule has 1 aromatic heterocycles. The Morgan fingerprint density at radius 2 is 2.14 bits per heavy atom. The van der Waals surface area contributed by atoms with Gasteiger partial charge in [0, 0.05) is 16.1 Å². The van der Waals surface area contributed by atoms with Gasteiger partial charge in [0.1, 0.15) is 0 Å². The molecule has 1 N–H and O–H groups in total. The third-order valence-electron chi connectivity index (χ3n) is 2.15. The zero-order chi connectivity index (χ0) is 10.1. The van der Waals surface area contributed by atoms with Crippen molar-refractivity contribution in [3.8, 4) is 0 Å². The first-order valence-electron chi connectivity index (χ1n) is 4.41. The normalized spacial score (nSPS) is 13.1. The Hall–Kier alpha value is -0.930. The minimum Gasteiger partial charge on any atom is -0.387 e. The molecule has 2 rings (SSSR count). The van der Waals surface area contributed by atoms with Crippen molar-refractivity contribution in [1.29, 1.82) is 0 Å². The molecule has 3 heteroatoms. The van der Waals surface area contributed by atoms with E-state index in [1.807, 2.05) is 24.3 Å². The minimum absolute atomic E-state index is 0.528. The number of aliphatic hydroxyl groups excluding tert-OH is 1. The Balaban J connectivity index is 2.75. The Morgan fingerprint density at radius 1 is 1.36 bits per heavy atom. The van der Waals surface area contributed by atoms with E-state index in [1.54, 1.807) is 13.1 Å². The summed E-state index contributed by atoms with van der Waals surface area (Å²) < 4.78 is 1.03. The van der Waals surface area contributed by atoms with Gasteiger partial charge in [-0.3, -0.25) is 4.98 Å². The number of benzene rings is 1. The van der Waals surface area contributed by atoms with E-state index in [9.17, 15) is 5.11 Å². The number of rotatable bonds is 1. The highest BCUT2D eigenvalue weighted by atomic mass is 79.9. The summed E-state index contributed by atoms with van der Waals surface area (Å²) in [6.07, 6.45) is 1.19. The molecule has 14 heavy (non-hydrogen) atoms. The number of hydrogen-bond acceptors (Lipinski definition) is 2. The van der Waals surface area contributed by atoms with Crippen LogP contribution in [0.2, 0.25) is 0 Å². The molecule has 1 atom stereocenters. The zero-order valence-electron chi connectivity index (χ0n) is 7.74. The van der Waals surface area contributed by atoms with Crippen molar-refractivity contribution >= 4 is 26.7 Å². The fraction of sp³-hybridized carbons (Fsp3) is 0.182. The number of pyridine rings is 1. The van der Waals surface area contributed by atoms with Gasteiger partial charge in [0.15, 0.2) is 0 Å². The topological polar surface area (TPSA) is 33.1 Å². The van der Waals surface area contributed by atoms with E-state index < -0.39 is 6.10 Å². The first kappa shape index (κ1) is 9.62. The van der Waals surface area contributed by atoms with E-state index in [2.05, 4.69) is 20.9 Å². The van der Waals surface area contributed by atoms with Crippen LogP contribution < -0.4 is 0 Å². The average molecular weight is 252 g/mol. The lowest BCUT2D eigenvalue weighted by Crippen LogP contribution is -1.96. The number of fused-ring (bicyclic) bond motifs is 1. The predicted molar refractivity (Wildman–Crippen MR) is 60.1 cm³/mol. The van der Waals surface area contributed by atoms with E-state index in [0.29, 0.717) is 0 Å². The molecule has 0 saturated heterocycles. The lowest BCUT2D eigenvalue weighted by atomic mass is 10.1. The van der Waals surface area contributed by atoms with E-state index in [0.717, 1.165) is 20.9 Å². The van der Waals surface area contributed by atoms with Crippen molar-refractivity contribution in [2.75, 3.05) is 0 Å². The minimum atomic E-state index is -0.528. The maximum absolute atomic E-state index is 9.52. The largest absolute Gasteiger partial charge is 0.387 e. The summed E-state index contributed by atoms with van der Waals surface area (Å²) in [4.78, 5) is 4.17. The molecule has 0 saturated carbocycles. The maximum Gasteiger partial charge on any atom is 0.0938 e. The summed E-state index contributed by atoms with van der Waals surface area (Å²) in [7, 11) is 0. The molecule has 0 amide bonds. The van der Waals surface area contributed by atoms with Gasteiger partial charge in [0.05, 0.1) is 11.8 Å². The summed E-state index contributed by atoms with van der Waals surface area (Å²) in [6.45, 7) is 1.73. The molecule has 0 fully saturated rings. The summed E-state index contributed by atoms with van der Waals surface area (Å²) >= 11 is 3.41. The number of halogens is 1. The Bertz CT molecular complexity index is 468. The molecule has 2 nitrogen and oxygen atoms in total. The molecule has 0 aliphatic rings. The van der Waals surface area contributed by atoms with Gasteiger partial charge in [-0.05, 0) is 30.5 Å². The molecule has 0 spiro atoms. The van der Waals surface area contributed by atoms with E-state index in [-0.39, 0.29) is 0 Å². The molecular formula is C11H10BrNO. The van der Waals surface area contributed by atoms with Crippen LogP contribution in [-0.2, 0) is 0 Å². The molecule has 0 aliphatic heterocycles. The highest BCUT2D eigenvalue weighted by Gasteiger charge is 2.07. The van der Waals surface area contributed by atoms with Gasteiger partial charge in [0.2, 0.25) is 0 Å². The quantitative estimate of drug-likeness (QED) is 0.846. The Labute approximate surface area is 90.7 Å². The second-order valence-corrected chi connectivity index (χ2v) is 4.15. The van der Waals surface area contributed by atoms with E-state index in [1.165, 1.54) is 0 Å². The molecule has 0 bridgehead atoms. The smallest absolute Gasteiger partial charge is 0.0938 e. The number of aliphatic hydroxyl groups is 1. The number of hydrogen-bond donors (Lipinski definition) is 1. The summed E-state index contributed by atoms with van der Waals surface area (Å²) in [5.74, 6) is 0.